The molecule has 2 atom stereocenters. The number of aryl methyl sites for hydroxylation is 1. The number of carbonyl (C=O) groups excluding carboxylic acids is 1. The fourth-order valence-corrected chi connectivity index (χ4v) is 3.20. The summed E-state index contributed by atoms with van der Waals surface area (Å²) in [5, 5.41) is 2.99. The fraction of sp³-hybridized carbons (Fsp3) is 0.300. The molecule has 3 rings (SSSR count). The summed E-state index contributed by atoms with van der Waals surface area (Å²) >= 11 is 3.42. The van der Waals surface area contributed by atoms with Crippen LogP contribution in [0, 0.1) is 0 Å². The van der Waals surface area contributed by atoms with Crippen LogP contribution in [0.4, 0.5) is 0 Å². The van der Waals surface area contributed by atoms with E-state index >= 15 is 0 Å². The van der Waals surface area contributed by atoms with Gasteiger partial charge in [-0.2, -0.15) is 0 Å². The third kappa shape index (κ3) is 4.07. The average Bonchev–Trinajstić information content (AvgIpc) is 2.96. The summed E-state index contributed by atoms with van der Waals surface area (Å²) in [6.07, 6.45) is 1.69. The Balaban J connectivity index is 1.64. The molecule has 1 N–H and O–H groups in total. The molecule has 6 heteroatoms. The van der Waals surface area contributed by atoms with Gasteiger partial charge in [0.2, 0.25) is 5.91 Å². The number of benzene rings is 2. The minimum absolute atomic E-state index is 0.00228. The molecule has 2 aromatic carbocycles. The van der Waals surface area contributed by atoms with Crippen LogP contribution >= 0.6 is 15.9 Å². The zero-order chi connectivity index (χ0) is 18.7. The third-order valence-electron chi connectivity index (χ3n) is 4.45. The Morgan fingerprint density at radius 3 is 2.58 bits per heavy atom. The van der Waals surface area contributed by atoms with Gasteiger partial charge in [-0.1, -0.05) is 40.2 Å². The van der Waals surface area contributed by atoms with E-state index in [9.17, 15) is 9.59 Å². The molecular formula is C20H21BrN2O3. The number of aromatic nitrogens is 1. The second-order valence-corrected chi connectivity index (χ2v) is 7.37. The lowest BCUT2D eigenvalue weighted by atomic mass is 10.1. The first-order valence-electron chi connectivity index (χ1n) is 8.60. The van der Waals surface area contributed by atoms with Crippen molar-refractivity contribution in [1.82, 2.24) is 9.88 Å². The SMILES string of the molecule is CC(CCc1ccc(Br)cc1)NC(=O)C(C)n1c(=O)oc2ccccc21. The van der Waals surface area contributed by atoms with Crippen molar-refractivity contribution < 1.29 is 9.21 Å². The van der Waals surface area contributed by atoms with E-state index in [2.05, 4.69) is 33.4 Å². The first-order chi connectivity index (χ1) is 12.5. The number of fused-ring (bicyclic) bond motifs is 1. The summed E-state index contributed by atoms with van der Waals surface area (Å²) in [5.74, 6) is -0.710. The molecule has 0 fully saturated rings. The second-order valence-electron chi connectivity index (χ2n) is 6.46. The van der Waals surface area contributed by atoms with Gasteiger partial charge in [-0.25, -0.2) is 4.79 Å². The zero-order valence-electron chi connectivity index (χ0n) is 14.7. The Morgan fingerprint density at radius 2 is 1.85 bits per heavy atom. The molecule has 3 aromatic rings. The number of rotatable bonds is 6. The maximum Gasteiger partial charge on any atom is 0.420 e. The predicted molar refractivity (Wildman–Crippen MR) is 105 cm³/mol. The van der Waals surface area contributed by atoms with Gasteiger partial charge in [0.1, 0.15) is 6.04 Å². The van der Waals surface area contributed by atoms with Crippen molar-refractivity contribution in [2.75, 3.05) is 0 Å². The van der Waals surface area contributed by atoms with Crippen LogP contribution in [0.5, 0.6) is 0 Å². The van der Waals surface area contributed by atoms with Crippen molar-refractivity contribution in [3.63, 3.8) is 0 Å². The van der Waals surface area contributed by atoms with Gasteiger partial charge in [-0.15, -0.1) is 0 Å². The Kier molecular flexibility index (Phi) is 5.61. The highest BCUT2D eigenvalue weighted by Crippen LogP contribution is 2.17. The molecule has 0 saturated carbocycles. The molecular weight excluding hydrogens is 396 g/mol. The molecule has 1 amide bonds. The van der Waals surface area contributed by atoms with E-state index in [-0.39, 0.29) is 11.9 Å². The van der Waals surface area contributed by atoms with Crippen LogP contribution in [0.15, 0.2) is 62.2 Å². The van der Waals surface area contributed by atoms with Crippen LogP contribution in [0.25, 0.3) is 11.1 Å². The Labute approximate surface area is 160 Å². The molecule has 0 bridgehead atoms. The average molecular weight is 417 g/mol. The largest absolute Gasteiger partial charge is 0.420 e. The predicted octanol–water partition coefficient (Wildman–Crippen LogP) is 4.06. The molecule has 26 heavy (non-hydrogen) atoms. The number of nitrogens with one attached hydrogen (secondary N) is 1. The number of oxazole rings is 1. The highest BCUT2D eigenvalue weighted by Gasteiger charge is 2.22. The van der Waals surface area contributed by atoms with Crippen molar-refractivity contribution in [3.05, 3.63) is 69.1 Å². The number of halogens is 1. The molecule has 0 aliphatic rings. The van der Waals surface area contributed by atoms with Gasteiger partial charge in [-0.05, 0) is 56.5 Å². The number of nitrogens with zero attached hydrogens (tertiary/aromatic N) is 1. The first kappa shape index (κ1) is 18.5. The van der Waals surface area contributed by atoms with Crippen molar-refractivity contribution in [2.24, 2.45) is 0 Å². The van der Waals surface area contributed by atoms with Gasteiger partial charge in [0.15, 0.2) is 5.58 Å². The molecule has 1 heterocycles. The van der Waals surface area contributed by atoms with E-state index in [4.69, 9.17) is 4.42 Å². The van der Waals surface area contributed by atoms with Crippen LogP contribution in [0.3, 0.4) is 0 Å². The highest BCUT2D eigenvalue weighted by molar-refractivity contribution is 9.10. The van der Waals surface area contributed by atoms with Crippen LogP contribution in [-0.2, 0) is 11.2 Å². The quantitative estimate of drug-likeness (QED) is 0.658. The molecule has 5 nitrogen and oxygen atoms in total. The minimum atomic E-state index is -0.638. The van der Waals surface area contributed by atoms with Crippen molar-refractivity contribution in [3.8, 4) is 0 Å². The van der Waals surface area contributed by atoms with Crippen molar-refractivity contribution in [1.29, 1.82) is 0 Å². The number of hydrogen-bond acceptors (Lipinski definition) is 3. The van der Waals surface area contributed by atoms with E-state index < -0.39 is 11.8 Å². The minimum Gasteiger partial charge on any atom is -0.408 e. The highest BCUT2D eigenvalue weighted by atomic mass is 79.9. The second kappa shape index (κ2) is 7.91. The number of carbonyl (C=O) groups is 1. The van der Waals surface area contributed by atoms with Crippen LogP contribution in [-0.4, -0.2) is 16.5 Å². The van der Waals surface area contributed by atoms with Crippen molar-refractivity contribution in [2.45, 2.75) is 38.8 Å². The third-order valence-corrected chi connectivity index (χ3v) is 4.98. The lowest BCUT2D eigenvalue weighted by molar-refractivity contribution is -0.124. The van der Waals surface area contributed by atoms with Gasteiger partial charge < -0.3 is 9.73 Å². The molecule has 1 aromatic heterocycles. The molecule has 0 saturated heterocycles. The monoisotopic (exact) mass is 416 g/mol. The van der Waals surface area contributed by atoms with E-state index in [0.29, 0.717) is 11.1 Å². The maximum atomic E-state index is 12.6. The maximum absolute atomic E-state index is 12.6. The Bertz CT molecular complexity index is 959. The van der Waals surface area contributed by atoms with E-state index in [1.807, 2.05) is 25.1 Å². The molecule has 2 unspecified atom stereocenters. The summed E-state index contributed by atoms with van der Waals surface area (Å²) in [6, 6.07) is 14.6. The standard InChI is InChI=1S/C20H21BrN2O3/c1-13(7-8-15-9-11-16(21)12-10-15)22-19(24)14(2)23-17-5-3-4-6-18(17)26-20(23)25/h3-6,9-14H,7-8H2,1-2H3,(H,22,24). The molecule has 0 aliphatic carbocycles. The smallest absolute Gasteiger partial charge is 0.408 e. The lowest BCUT2D eigenvalue weighted by Gasteiger charge is -2.18. The van der Waals surface area contributed by atoms with Gasteiger partial charge in [0.05, 0.1) is 5.52 Å². The number of para-hydroxylation sites is 2. The summed E-state index contributed by atoms with van der Waals surface area (Å²) in [4.78, 5) is 24.7. The Morgan fingerprint density at radius 1 is 1.15 bits per heavy atom. The van der Waals surface area contributed by atoms with E-state index in [1.54, 1.807) is 25.1 Å². The summed E-state index contributed by atoms with van der Waals surface area (Å²) < 4.78 is 7.66. The molecule has 0 aliphatic heterocycles. The van der Waals surface area contributed by atoms with Crippen LogP contribution in [0.1, 0.15) is 31.9 Å². The normalized spacial score (nSPS) is 13.5. The van der Waals surface area contributed by atoms with Gasteiger partial charge >= 0.3 is 5.76 Å². The van der Waals surface area contributed by atoms with Gasteiger partial charge in [0, 0.05) is 10.5 Å². The first-order valence-corrected chi connectivity index (χ1v) is 9.40. The van der Waals surface area contributed by atoms with Crippen molar-refractivity contribution >= 4 is 32.9 Å². The van der Waals surface area contributed by atoms with Gasteiger partial charge in [0.25, 0.3) is 0 Å². The number of amides is 1. The Hall–Kier alpha value is -2.34. The van der Waals surface area contributed by atoms with Crippen LogP contribution < -0.4 is 11.1 Å². The number of hydrogen-bond donors (Lipinski definition) is 1. The molecule has 0 radical (unpaired) electrons. The molecule has 0 spiro atoms. The van der Waals surface area contributed by atoms with E-state index in [0.717, 1.165) is 17.3 Å². The summed E-state index contributed by atoms with van der Waals surface area (Å²) in [7, 11) is 0. The van der Waals surface area contributed by atoms with Gasteiger partial charge in [-0.3, -0.25) is 9.36 Å². The fourth-order valence-electron chi connectivity index (χ4n) is 2.94. The lowest BCUT2D eigenvalue weighted by Crippen LogP contribution is -2.39. The summed E-state index contributed by atoms with van der Waals surface area (Å²) in [5.41, 5.74) is 2.34. The zero-order valence-corrected chi connectivity index (χ0v) is 16.3. The summed E-state index contributed by atoms with van der Waals surface area (Å²) in [6.45, 7) is 3.68. The van der Waals surface area contributed by atoms with Crippen LogP contribution in [0.2, 0.25) is 0 Å². The van der Waals surface area contributed by atoms with E-state index in [1.165, 1.54) is 10.1 Å². The topological polar surface area (TPSA) is 64.2 Å². The molecule has 136 valence electrons.